The van der Waals surface area contributed by atoms with E-state index in [1.54, 1.807) is 7.05 Å². The van der Waals surface area contributed by atoms with Crippen LogP contribution in [0.1, 0.15) is 23.1 Å². The molecule has 0 saturated carbocycles. The molecule has 8 heteroatoms. The van der Waals surface area contributed by atoms with Gasteiger partial charge in [-0.15, -0.1) is 24.0 Å². The van der Waals surface area contributed by atoms with Crippen molar-refractivity contribution in [3.63, 3.8) is 0 Å². The van der Waals surface area contributed by atoms with Crippen molar-refractivity contribution < 1.29 is 9.47 Å². The maximum atomic E-state index is 6.16. The summed E-state index contributed by atoms with van der Waals surface area (Å²) in [5.74, 6) is 1.69. The minimum Gasteiger partial charge on any atom is -0.488 e. The molecule has 2 heterocycles. The van der Waals surface area contributed by atoms with Crippen molar-refractivity contribution in [2.24, 2.45) is 12.0 Å². The zero-order valence-corrected chi connectivity index (χ0v) is 19.1. The molecule has 1 fully saturated rings. The summed E-state index contributed by atoms with van der Waals surface area (Å²) in [6.45, 7) is 4.96. The van der Waals surface area contributed by atoms with E-state index in [9.17, 15) is 0 Å². The normalized spacial score (nSPS) is 16.5. The van der Waals surface area contributed by atoms with E-state index in [-0.39, 0.29) is 30.1 Å². The second kappa shape index (κ2) is 11.3. The van der Waals surface area contributed by atoms with Crippen LogP contribution in [-0.4, -0.2) is 48.7 Å². The lowest BCUT2D eigenvalue weighted by molar-refractivity contribution is 0.140. The van der Waals surface area contributed by atoms with E-state index >= 15 is 0 Å². The Labute approximate surface area is 183 Å². The van der Waals surface area contributed by atoms with Gasteiger partial charge in [-0.3, -0.25) is 9.67 Å². The summed E-state index contributed by atoms with van der Waals surface area (Å²) in [6.07, 6.45) is 5.90. The fourth-order valence-electron chi connectivity index (χ4n) is 3.03. The lowest BCUT2D eigenvalue weighted by Gasteiger charge is -2.18. The molecule has 28 heavy (non-hydrogen) atoms. The molecule has 154 valence electrons. The van der Waals surface area contributed by atoms with Gasteiger partial charge in [-0.2, -0.15) is 5.10 Å². The van der Waals surface area contributed by atoms with Crippen LogP contribution < -0.4 is 15.4 Å². The summed E-state index contributed by atoms with van der Waals surface area (Å²) in [5, 5.41) is 10.9. The second-order valence-electron chi connectivity index (χ2n) is 6.84. The Morgan fingerprint density at radius 1 is 1.39 bits per heavy atom. The van der Waals surface area contributed by atoms with Gasteiger partial charge in [-0.25, -0.2) is 0 Å². The number of hydrogen-bond acceptors (Lipinski definition) is 4. The van der Waals surface area contributed by atoms with Crippen LogP contribution in [0.5, 0.6) is 5.75 Å². The van der Waals surface area contributed by atoms with Crippen molar-refractivity contribution in [1.29, 1.82) is 0 Å². The summed E-state index contributed by atoms with van der Waals surface area (Å²) >= 11 is 0. The number of ether oxygens (including phenoxy) is 2. The lowest BCUT2D eigenvalue weighted by atomic mass is 10.1. The van der Waals surface area contributed by atoms with E-state index < -0.39 is 0 Å². The predicted octanol–water partition coefficient (Wildman–Crippen LogP) is 2.42. The Kier molecular flexibility index (Phi) is 9.04. The monoisotopic (exact) mass is 499 g/mol. The largest absolute Gasteiger partial charge is 0.488 e. The lowest BCUT2D eigenvalue weighted by Crippen LogP contribution is -2.38. The van der Waals surface area contributed by atoms with Crippen molar-refractivity contribution >= 4 is 29.9 Å². The van der Waals surface area contributed by atoms with Gasteiger partial charge in [0.15, 0.2) is 5.96 Å². The highest BCUT2D eigenvalue weighted by molar-refractivity contribution is 14.0. The van der Waals surface area contributed by atoms with Gasteiger partial charge in [0, 0.05) is 45.4 Å². The third-order valence-electron chi connectivity index (χ3n) is 4.54. The summed E-state index contributed by atoms with van der Waals surface area (Å²) in [7, 11) is 3.71. The molecule has 2 N–H and O–H groups in total. The quantitative estimate of drug-likeness (QED) is 0.348. The average Bonchev–Trinajstić information content (AvgIpc) is 3.31. The van der Waals surface area contributed by atoms with Crippen LogP contribution in [0.4, 0.5) is 0 Å². The molecule has 1 unspecified atom stereocenters. The van der Waals surface area contributed by atoms with Gasteiger partial charge in [0.05, 0.1) is 19.4 Å². The molecule has 1 aliphatic heterocycles. The molecule has 0 spiro atoms. The van der Waals surface area contributed by atoms with Crippen molar-refractivity contribution in [1.82, 2.24) is 20.4 Å². The first-order valence-corrected chi connectivity index (χ1v) is 9.40. The fourth-order valence-corrected chi connectivity index (χ4v) is 3.03. The molecule has 1 aromatic carbocycles. The molecule has 0 amide bonds. The molecular formula is C20H30IN5O2. The third-order valence-corrected chi connectivity index (χ3v) is 4.54. The van der Waals surface area contributed by atoms with E-state index in [1.807, 2.05) is 24.1 Å². The molecule has 0 radical (unpaired) electrons. The highest BCUT2D eigenvalue weighted by Gasteiger charge is 2.18. The molecule has 1 saturated heterocycles. The van der Waals surface area contributed by atoms with Gasteiger partial charge in [0.2, 0.25) is 0 Å². The topological polar surface area (TPSA) is 72.7 Å². The van der Waals surface area contributed by atoms with Crippen LogP contribution in [0.3, 0.4) is 0 Å². The molecule has 0 aliphatic carbocycles. The number of guanidine groups is 1. The summed E-state index contributed by atoms with van der Waals surface area (Å²) in [5.41, 5.74) is 3.50. The minimum absolute atomic E-state index is 0. The highest BCUT2D eigenvalue weighted by Crippen LogP contribution is 2.23. The molecule has 1 atom stereocenters. The molecule has 0 bridgehead atoms. The fraction of sp³-hybridized carbons (Fsp3) is 0.500. The molecule has 2 aromatic rings. The van der Waals surface area contributed by atoms with Gasteiger partial charge in [0.1, 0.15) is 11.9 Å². The standard InChI is InChI=1S/C20H29N5O2.HI/c1-15-4-5-17(19(10-15)27-18-7-9-26-14-18)12-23-20(21-2)22-8-6-16-11-24-25(3)13-16;/h4-5,10-11,13,18H,6-9,12,14H2,1-3H3,(H2,21,22,23);1H. The van der Waals surface area contributed by atoms with Crippen molar-refractivity contribution in [3.8, 4) is 5.75 Å². The van der Waals surface area contributed by atoms with Gasteiger partial charge in [0.25, 0.3) is 0 Å². The van der Waals surface area contributed by atoms with Crippen molar-refractivity contribution in [3.05, 3.63) is 47.3 Å². The number of hydrogen-bond donors (Lipinski definition) is 2. The number of nitrogens with zero attached hydrogens (tertiary/aromatic N) is 3. The van der Waals surface area contributed by atoms with E-state index in [2.05, 4.69) is 45.8 Å². The number of rotatable bonds is 7. The first-order valence-electron chi connectivity index (χ1n) is 9.40. The van der Waals surface area contributed by atoms with Crippen molar-refractivity contribution in [2.45, 2.75) is 32.4 Å². The Bertz CT molecular complexity index is 772. The second-order valence-corrected chi connectivity index (χ2v) is 6.84. The van der Waals surface area contributed by atoms with E-state index in [0.717, 1.165) is 43.3 Å². The Morgan fingerprint density at radius 3 is 2.93 bits per heavy atom. The Balaban J connectivity index is 0.00000280. The van der Waals surface area contributed by atoms with Gasteiger partial charge in [-0.1, -0.05) is 12.1 Å². The minimum atomic E-state index is 0. The molecule has 1 aromatic heterocycles. The zero-order chi connectivity index (χ0) is 19.1. The number of aromatic nitrogens is 2. The summed E-state index contributed by atoms with van der Waals surface area (Å²) in [4.78, 5) is 4.30. The van der Waals surface area contributed by atoms with Crippen LogP contribution in [0.25, 0.3) is 0 Å². The third kappa shape index (κ3) is 6.66. The van der Waals surface area contributed by atoms with Gasteiger partial charge in [-0.05, 0) is 30.5 Å². The van der Waals surface area contributed by atoms with Crippen LogP contribution in [0, 0.1) is 6.92 Å². The maximum absolute atomic E-state index is 6.16. The predicted molar refractivity (Wildman–Crippen MR) is 122 cm³/mol. The van der Waals surface area contributed by atoms with Gasteiger partial charge >= 0.3 is 0 Å². The summed E-state index contributed by atoms with van der Waals surface area (Å²) < 4.78 is 13.4. The molecule has 3 rings (SSSR count). The van der Waals surface area contributed by atoms with Crippen LogP contribution in [0.15, 0.2) is 35.6 Å². The number of aryl methyl sites for hydroxylation is 2. The van der Waals surface area contributed by atoms with E-state index in [0.29, 0.717) is 13.2 Å². The molecular weight excluding hydrogens is 469 g/mol. The van der Waals surface area contributed by atoms with Crippen LogP contribution >= 0.6 is 24.0 Å². The van der Waals surface area contributed by atoms with Crippen molar-refractivity contribution in [2.75, 3.05) is 26.8 Å². The number of nitrogens with one attached hydrogen (secondary N) is 2. The number of halogens is 1. The summed E-state index contributed by atoms with van der Waals surface area (Å²) in [6, 6.07) is 6.30. The SMILES string of the molecule is CN=C(NCCc1cnn(C)c1)NCc1ccc(C)cc1OC1CCOC1.I. The number of benzene rings is 1. The number of aliphatic imine (C=N–C) groups is 1. The zero-order valence-electron chi connectivity index (χ0n) is 16.8. The Hall–Kier alpha value is -1.81. The Morgan fingerprint density at radius 2 is 2.25 bits per heavy atom. The van der Waals surface area contributed by atoms with Gasteiger partial charge < -0.3 is 20.1 Å². The average molecular weight is 499 g/mol. The first kappa shape index (κ1) is 22.5. The van der Waals surface area contributed by atoms with Crippen LogP contribution in [-0.2, 0) is 24.8 Å². The van der Waals surface area contributed by atoms with E-state index in [4.69, 9.17) is 9.47 Å². The van der Waals surface area contributed by atoms with Crippen LogP contribution in [0.2, 0.25) is 0 Å². The molecule has 7 nitrogen and oxygen atoms in total. The first-order chi connectivity index (χ1) is 13.1. The smallest absolute Gasteiger partial charge is 0.191 e. The van der Waals surface area contributed by atoms with E-state index in [1.165, 1.54) is 11.1 Å². The molecule has 1 aliphatic rings. The highest BCUT2D eigenvalue weighted by atomic mass is 127. The maximum Gasteiger partial charge on any atom is 0.191 e.